The highest BCUT2D eigenvalue weighted by molar-refractivity contribution is 6.02. The molecule has 0 aliphatic heterocycles. The van der Waals surface area contributed by atoms with Crippen LogP contribution in [0.25, 0.3) is 27.6 Å². The quantitative estimate of drug-likeness (QED) is 0.548. The number of hydrogen-bond acceptors (Lipinski definition) is 1. The van der Waals surface area contributed by atoms with Crippen molar-refractivity contribution < 1.29 is 9.90 Å². The fraction of sp³-hybridized carbons (Fsp3) is 0. The molecule has 0 aliphatic rings. The Labute approximate surface area is 110 Å². The molecule has 0 radical (unpaired) electrons. The minimum absolute atomic E-state index is 0.922. The van der Waals surface area contributed by atoms with Crippen LogP contribution in [0.4, 0.5) is 0 Å². The largest absolute Gasteiger partial charge is 0.478 e. The third-order valence-electron chi connectivity index (χ3n) is 3.19. The van der Waals surface area contributed by atoms with E-state index in [2.05, 4.69) is 24.3 Å². The molecule has 0 fully saturated rings. The van der Waals surface area contributed by atoms with Gasteiger partial charge in [-0.3, -0.25) is 0 Å². The summed E-state index contributed by atoms with van der Waals surface area (Å²) in [6.07, 6.45) is 2.81. The van der Waals surface area contributed by atoms with E-state index in [9.17, 15) is 4.79 Å². The first-order chi connectivity index (χ1) is 9.24. The van der Waals surface area contributed by atoms with Gasteiger partial charge in [0.15, 0.2) is 0 Å². The van der Waals surface area contributed by atoms with Crippen molar-refractivity contribution in [3.8, 4) is 0 Å². The van der Waals surface area contributed by atoms with E-state index >= 15 is 0 Å². The Bertz CT molecular complexity index is 801. The number of fused-ring (bicyclic) bond motifs is 2. The van der Waals surface area contributed by atoms with Crippen LogP contribution in [0.2, 0.25) is 0 Å². The second-order valence-electron chi connectivity index (χ2n) is 4.44. The lowest BCUT2D eigenvalue weighted by molar-refractivity contribution is -0.131. The van der Waals surface area contributed by atoms with Crippen LogP contribution in [0.15, 0.2) is 60.7 Å². The Morgan fingerprint density at radius 1 is 0.895 bits per heavy atom. The van der Waals surface area contributed by atoms with Crippen LogP contribution in [0.5, 0.6) is 0 Å². The lowest BCUT2D eigenvalue weighted by atomic mass is 9.99. The van der Waals surface area contributed by atoms with Gasteiger partial charge in [-0.25, -0.2) is 4.79 Å². The van der Waals surface area contributed by atoms with Gasteiger partial charge in [-0.05, 0) is 45.3 Å². The third-order valence-corrected chi connectivity index (χ3v) is 3.19. The molecule has 19 heavy (non-hydrogen) atoms. The molecule has 2 heteroatoms. The standard InChI is InChI=1S/C17H12O2/c18-17(19)9-8-12-6-3-7-15-10-13-4-1-2-5-14(13)11-16(12)15/h1-11H,(H,18,19). The van der Waals surface area contributed by atoms with Gasteiger partial charge in [0.2, 0.25) is 0 Å². The van der Waals surface area contributed by atoms with Crippen molar-refractivity contribution in [2.75, 3.05) is 0 Å². The summed E-state index contributed by atoms with van der Waals surface area (Å²) in [4.78, 5) is 10.6. The molecule has 3 aromatic rings. The maximum atomic E-state index is 10.6. The van der Waals surface area contributed by atoms with Gasteiger partial charge in [0.05, 0.1) is 0 Å². The van der Waals surface area contributed by atoms with Gasteiger partial charge in [-0.1, -0.05) is 42.5 Å². The monoisotopic (exact) mass is 248 g/mol. The first-order valence-corrected chi connectivity index (χ1v) is 6.06. The first-order valence-electron chi connectivity index (χ1n) is 6.06. The summed E-state index contributed by atoms with van der Waals surface area (Å²) in [5.74, 6) is -0.933. The Kier molecular flexibility index (Phi) is 2.76. The maximum absolute atomic E-state index is 10.6. The van der Waals surface area contributed by atoms with Gasteiger partial charge in [0.1, 0.15) is 0 Å². The third kappa shape index (κ3) is 2.20. The normalized spacial score (nSPS) is 11.4. The molecule has 0 aliphatic carbocycles. The smallest absolute Gasteiger partial charge is 0.328 e. The highest BCUT2D eigenvalue weighted by Crippen LogP contribution is 2.26. The highest BCUT2D eigenvalue weighted by atomic mass is 16.4. The summed E-state index contributed by atoms with van der Waals surface area (Å²) in [5, 5.41) is 13.3. The highest BCUT2D eigenvalue weighted by Gasteiger charge is 2.01. The maximum Gasteiger partial charge on any atom is 0.328 e. The zero-order chi connectivity index (χ0) is 13.2. The fourth-order valence-corrected chi connectivity index (χ4v) is 2.30. The second kappa shape index (κ2) is 4.58. The minimum Gasteiger partial charge on any atom is -0.478 e. The molecule has 0 heterocycles. The molecule has 1 N–H and O–H groups in total. The average molecular weight is 248 g/mol. The van der Waals surface area contributed by atoms with Crippen LogP contribution >= 0.6 is 0 Å². The second-order valence-corrected chi connectivity index (χ2v) is 4.44. The summed E-state index contributed by atoms with van der Waals surface area (Å²) in [5.41, 5.74) is 0.922. The number of aliphatic carboxylic acids is 1. The van der Waals surface area contributed by atoms with Crippen molar-refractivity contribution in [3.63, 3.8) is 0 Å². The van der Waals surface area contributed by atoms with E-state index in [0.29, 0.717) is 0 Å². The molecule has 3 aromatic carbocycles. The molecule has 0 spiro atoms. The number of carbonyl (C=O) groups is 1. The Balaban J connectivity index is 2.29. The van der Waals surface area contributed by atoms with Crippen LogP contribution in [0, 0.1) is 0 Å². The molecule has 2 nitrogen and oxygen atoms in total. The molecule has 92 valence electrons. The Hall–Kier alpha value is -2.61. The van der Waals surface area contributed by atoms with Gasteiger partial charge in [-0.15, -0.1) is 0 Å². The van der Waals surface area contributed by atoms with Crippen molar-refractivity contribution in [2.24, 2.45) is 0 Å². The first kappa shape index (κ1) is 11.5. The van der Waals surface area contributed by atoms with Gasteiger partial charge >= 0.3 is 5.97 Å². The van der Waals surface area contributed by atoms with Gasteiger partial charge in [0, 0.05) is 6.08 Å². The van der Waals surface area contributed by atoms with Crippen LogP contribution in [-0.2, 0) is 4.79 Å². The zero-order valence-corrected chi connectivity index (χ0v) is 10.2. The van der Waals surface area contributed by atoms with Crippen molar-refractivity contribution >= 4 is 33.6 Å². The number of hydrogen-bond donors (Lipinski definition) is 1. The fourth-order valence-electron chi connectivity index (χ4n) is 2.30. The van der Waals surface area contributed by atoms with E-state index in [1.807, 2.05) is 30.3 Å². The number of carboxylic acids is 1. The van der Waals surface area contributed by atoms with E-state index in [-0.39, 0.29) is 0 Å². The van der Waals surface area contributed by atoms with Gasteiger partial charge < -0.3 is 5.11 Å². The SMILES string of the molecule is O=C(O)C=Cc1cccc2cc3ccccc3cc12. The van der Waals surface area contributed by atoms with Crippen LogP contribution in [0.1, 0.15) is 5.56 Å². The van der Waals surface area contributed by atoms with E-state index in [1.54, 1.807) is 6.08 Å². The van der Waals surface area contributed by atoms with Crippen LogP contribution < -0.4 is 0 Å². The van der Waals surface area contributed by atoms with E-state index in [0.717, 1.165) is 21.7 Å². The molecule has 0 saturated heterocycles. The predicted molar refractivity (Wildman–Crippen MR) is 78.1 cm³/mol. The van der Waals surface area contributed by atoms with E-state index < -0.39 is 5.97 Å². The van der Waals surface area contributed by atoms with Crippen LogP contribution in [-0.4, -0.2) is 11.1 Å². The van der Waals surface area contributed by atoms with Crippen molar-refractivity contribution in [2.45, 2.75) is 0 Å². The molecule has 0 aromatic heterocycles. The summed E-state index contributed by atoms with van der Waals surface area (Å²) < 4.78 is 0. The summed E-state index contributed by atoms with van der Waals surface area (Å²) in [6, 6.07) is 18.3. The van der Waals surface area contributed by atoms with Crippen molar-refractivity contribution in [3.05, 3.63) is 66.2 Å². The molecule has 0 atom stereocenters. The Morgan fingerprint density at radius 3 is 2.32 bits per heavy atom. The van der Waals surface area contributed by atoms with Gasteiger partial charge in [-0.2, -0.15) is 0 Å². The molecule has 0 saturated carbocycles. The number of benzene rings is 3. The summed E-state index contributed by atoms with van der Waals surface area (Å²) in [6.45, 7) is 0. The molecular formula is C17H12O2. The summed E-state index contributed by atoms with van der Waals surface area (Å²) in [7, 11) is 0. The topological polar surface area (TPSA) is 37.3 Å². The average Bonchev–Trinajstić information content (AvgIpc) is 2.42. The lowest BCUT2D eigenvalue weighted by Crippen LogP contribution is -1.86. The Morgan fingerprint density at radius 2 is 1.58 bits per heavy atom. The van der Waals surface area contributed by atoms with Crippen molar-refractivity contribution in [1.82, 2.24) is 0 Å². The molecular weight excluding hydrogens is 236 g/mol. The summed E-state index contributed by atoms with van der Waals surface area (Å²) >= 11 is 0. The van der Waals surface area contributed by atoms with E-state index in [1.165, 1.54) is 11.5 Å². The molecule has 0 amide bonds. The zero-order valence-electron chi connectivity index (χ0n) is 10.2. The number of rotatable bonds is 2. The lowest BCUT2D eigenvalue weighted by Gasteiger charge is -2.05. The minimum atomic E-state index is -0.933. The molecule has 0 bridgehead atoms. The molecule has 0 unspecified atom stereocenters. The predicted octanol–water partition coefficient (Wildman–Crippen LogP) is 4.09. The van der Waals surface area contributed by atoms with E-state index in [4.69, 9.17) is 5.11 Å². The van der Waals surface area contributed by atoms with Crippen molar-refractivity contribution in [1.29, 1.82) is 0 Å². The van der Waals surface area contributed by atoms with Crippen LogP contribution in [0.3, 0.4) is 0 Å². The molecule has 3 rings (SSSR count). The van der Waals surface area contributed by atoms with Gasteiger partial charge in [0.25, 0.3) is 0 Å². The number of carboxylic acid groups (broad SMARTS) is 1.